The van der Waals surface area contributed by atoms with E-state index >= 15 is 0 Å². The highest BCUT2D eigenvalue weighted by atomic mass is 32.1. The third-order valence-corrected chi connectivity index (χ3v) is 7.27. The number of para-hydroxylation sites is 1. The Morgan fingerprint density at radius 1 is 1.00 bits per heavy atom. The van der Waals surface area contributed by atoms with Crippen molar-refractivity contribution in [3.63, 3.8) is 0 Å². The molecule has 1 N–H and O–H groups in total. The Morgan fingerprint density at radius 3 is 2.71 bits per heavy atom. The Bertz CT molecular complexity index is 1520. The molecule has 0 atom stereocenters. The number of anilines is 1. The Morgan fingerprint density at radius 2 is 1.80 bits per heavy atom. The molecule has 7 heteroatoms. The van der Waals surface area contributed by atoms with E-state index in [0.717, 1.165) is 75.8 Å². The molecule has 1 fully saturated rings. The summed E-state index contributed by atoms with van der Waals surface area (Å²) in [5, 5.41) is 5.93. The molecule has 1 aliphatic rings. The van der Waals surface area contributed by atoms with Crippen LogP contribution in [0.1, 0.15) is 15.9 Å². The number of amides is 1. The number of ether oxygens (including phenoxy) is 1. The number of carbonyl (C=O) groups is 1. The molecule has 3 heterocycles. The van der Waals surface area contributed by atoms with Crippen LogP contribution in [0.5, 0.6) is 0 Å². The smallest absolute Gasteiger partial charge is 0.256 e. The topological polar surface area (TPSA) is 67.4 Å². The lowest BCUT2D eigenvalue weighted by Gasteiger charge is -2.26. The molecule has 0 unspecified atom stereocenters. The molecule has 6 rings (SSSR count). The number of nitrogens with one attached hydrogen (secondary N) is 1. The number of hydrogen-bond donors (Lipinski definition) is 1. The number of rotatable bonds is 5. The van der Waals surface area contributed by atoms with Crippen molar-refractivity contribution in [3.05, 3.63) is 90.1 Å². The number of thiazole rings is 1. The fraction of sp³-hybridized carbons (Fsp3) is 0.179. The molecule has 6 nitrogen and oxygen atoms in total. The highest BCUT2D eigenvalue weighted by Crippen LogP contribution is 2.34. The molecule has 1 amide bonds. The van der Waals surface area contributed by atoms with Gasteiger partial charge in [0.25, 0.3) is 5.91 Å². The average molecular weight is 481 g/mol. The van der Waals surface area contributed by atoms with E-state index in [0.29, 0.717) is 5.56 Å². The lowest BCUT2D eigenvalue weighted by atomic mass is 10.0. The summed E-state index contributed by atoms with van der Waals surface area (Å²) in [6.07, 6.45) is 1.94. The minimum absolute atomic E-state index is 0.138. The Hall–Kier alpha value is -3.65. The van der Waals surface area contributed by atoms with Gasteiger partial charge >= 0.3 is 0 Å². The van der Waals surface area contributed by atoms with Gasteiger partial charge in [-0.1, -0.05) is 59.9 Å². The summed E-state index contributed by atoms with van der Waals surface area (Å²) in [6.45, 7) is 4.26. The Kier molecular flexibility index (Phi) is 5.96. The molecule has 3 aromatic carbocycles. The van der Waals surface area contributed by atoms with Gasteiger partial charge in [0.05, 0.1) is 18.9 Å². The number of nitrogens with zero attached hydrogens (tertiary/aromatic N) is 3. The fourth-order valence-electron chi connectivity index (χ4n) is 4.48. The number of carbonyl (C=O) groups excluding carboxylic acids is 1. The SMILES string of the molecule is O=C(Nc1ccccc1-c1nc2cc(CN3CCOCC3)cnc2s1)c1cccc2ccccc12. The van der Waals surface area contributed by atoms with Crippen molar-refractivity contribution < 1.29 is 9.53 Å². The van der Waals surface area contributed by atoms with E-state index in [1.807, 2.05) is 72.9 Å². The van der Waals surface area contributed by atoms with E-state index in [-0.39, 0.29) is 5.91 Å². The highest BCUT2D eigenvalue weighted by molar-refractivity contribution is 7.21. The normalized spacial score (nSPS) is 14.4. The van der Waals surface area contributed by atoms with Crippen LogP contribution in [0.25, 0.3) is 31.7 Å². The predicted molar refractivity (Wildman–Crippen MR) is 141 cm³/mol. The summed E-state index contributed by atoms with van der Waals surface area (Å²) < 4.78 is 5.45. The monoisotopic (exact) mass is 480 g/mol. The van der Waals surface area contributed by atoms with Gasteiger partial charge in [-0.25, -0.2) is 9.97 Å². The van der Waals surface area contributed by atoms with Crippen LogP contribution < -0.4 is 5.32 Å². The zero-order valence-electron chi connectivity index (χ0n) is 19.1. The molecule has 0 bridgehead atoms. The highest BCUT2D eigenvalue weighted by Gasteiger charge is 2.16. The van der Waals surface area contributed by atoms with E-state index in [4.69, 9.17) is 9.72 Å². The predicted octanol–water partition coefficient (Wildman–Crippen LogP) is 5.60. The van der Waals surface area contributed by atoms with Gasteiger partial charge in [-0.05, 0) is 40.6 Å². The first-order chi connectivity index (χ1) is 17.2. The van der Waals surface area contributed by atoms with E-state index in [2.05, 4.69) is 21.3 Å². The van der Waals surface area contributed by atoms with Crippen LogP contribution in [0.4, 0.5) is 5.69 Å². The van der Waals surface area contributed by atoms with Crippen LogP contribution in [0.2, 0.25) is 0 Å². The Balaban J connectivity index is 1.29. The number of morpholine rings is 1. The summed E-state index contributed by atoms with van der Waals surface area (Å²) in [6, 6.07) is 23.6. The second-order valence-corrected chi connectivity index (χ2v) is 9.58. The molecule has 1 saturated heterocycles. The summed E-state index contributed by atoms with van der Waals surface area (Å²) in [4.78, 5) is 26.1. The third kappa shape index (κ3) is 4.53. The lowest BCUT2D eigenvalue weighted by molar-refractivity contribution is 0.0341. The minimum atomic E-state index is -0.138. The van der Waals surface area contributed by atoms with Gasteiger partial charge in [-0.15, -0.1) is 0 Å². The summed E-state index contributed by atoms with van der Waals surface area (Å²) in [5.41, 5.74) is 4.30. The second-order valence-electron chi connectivity index (χ2n) is 8.60. The summed E-state index contributed by atoms with van der Waals surface area (Å²) in [5.74, 6) is -0.138. The van der Waals surface area contributed by atoms with Gasteiger partial charge in [0, 0.05) is 37.0 Å². The maximum Gasteiger partial charge on any atom is 0.256 e. The molecule has 0 spiro atoms. The van der Waals surface area contributed by atoms with E-state index in [9.17, 15) is 4.79 Å². The third-order valence-electron chi connectivity index (χ3n) is 6.25. The molecule has 5 aromatic rings. The van der Waals surface area contributed by atoms with Gasteiger partial charge in [-0.2, -0.15) is 0 Å². The van der Waals surface area contributed by atoms with E-state index in [1.54, 1.807) is 0 Å². The first-order valence-electron chi connectivity index (χ1n) is 11.7. The molecule has 0 aliphatic carbocycles. The molecule has 1 aliphatic heterocycles. The quantitative estimate of drug-likeness (QED) is 0.355. The van der Waals surface area contributed by atoms with Crippen LogP contribution in [0.3, 0.4) is 0 Å². The van der Waals surface area contributed by atoms with E-state index in [1.165, 1.54) is 11.3 Å². The van der Waals surface area contributed by atoms with Crippen molar-refractivity contribution in [2.45, 2.75) is 6.54 Å². The standard InChI is InChI=1S/C28H24N4O2S/c33-26(22-10-5-7-20-6-1-2-8-21(20)22)30-24-11-4-3-9-23(24)27-31-25-16-19(17-29-28(25)35-27)18-32-12-14-34-15-13-32/h1-11,16-17H,12-15,18H2,(H,30,33). The number of pyridine rings is 1. The van der Waals surface area contributed by atoms with Gasteiger partial charge in [0.15, 0.2) is 0 Å². The van der Waals surface area contributed by atoms with Crippen molar-refractivity contribution in [3.8, 4) is 10.6 Å². The summed E-state index contributed by atoms with van der Waals surface area (Å²) >= 11 is 1.54. The molecule has 0 radical (unpaired) electrons. The van der Waals surface area contributed by atoms with Gasteiger partial charge < -0.3 is 10.1 Å². The number of hydrogen-bond acceptors (Lipinski definition) is 6. The van der Waals surface area contributed by atoms with Crippen molar-refractivity contribution in [1.82, 2.24) is 14.9 Å². The number of benzene rings is 3. The van der Waals surface area contributed by atoms with Crippen LogP contribution in [-0.4, -0.2) is 47.1 Å². The molecular weight excluding hydrogens is 456 g/mol. The molecule has 2 aromatic heterocycles. The van der Waals surface area contributed by atoms with Crippen molar-refractivity contribution in [2.75, 3.05) is 31.6 Å². The summed E-state index contributed by atoms with van der Waals surface area (Å²) in [7, 11) is 0. The van der Waals surface area contributed by atoms with Crippen LogP contribution in [0, 0.1) is 0 Å². The van der Waals surface area contributed by atoms with Crippen LogP contribution >= 0.6 is 11.3 Å². The molecular formula is C28H24N4O2S. The van der Waals surface area contributed by atoms with Gasteiger partial charge in [-0.3, -0.25) is 9.69 Å². The average Bonchev–Trinajstić information content (AvgIpc) is 3.32. The fourth-order valence-corrected chi connectivity index (χ4v) is 5.41. The molecule has 35 heavy (non-hydrogen) atoms. The Labute approximate surface area is 207 Å². The van der Waals surface area contributed by atoms with E-state index < -0.39 is 0 Å². The van der Waals surface area contributed by atoms with Crippen molar-refractivity contribution >= 4 is 44.1 Å². The first kappa shape index (κ1) is 21.9. The number of aromatic nitrogens is 2. The second kappa shape index (κ2) is 9.54. The van der Waals surface area contributed by atoms with Gasteiger partial charge in [0.2, 0.25) is 0 Å². The zero-order valence-corrected chi connectivity index (χ0v) is 19.9. The molecule has 0 saturated carbocycles. The van der Waals surface area contributed by atoms with Crippen molar-refractivity contribution in [1.29, 1.82) is 0 Å². The van der Waals surface area contributed by atoms with Crippen molar-refractivity contribution in [2.24, 2.45) is 0 Å². The maximum absolute atomic E-state index is 13.3. The van der Waals surface area contributed by atoms with Crippen LogP contribution in [0.15, 0.2) is 79.0 Å². The first-order valence-corrected chi connectivity index (χ1v) is 12.5. The minimum Gasteiger partial charge on any atom is -0.379 e. The zero-order chi connectivity index (χ0) is 23.6. The largest absolute Gasteiger partial charge is 0.379 e. The molecule has 174 valence electrons. The lowest BCUT2D eigenvalue weighted by Crippen LogP contribution is -2.35. The number of fused-ring (bicyclic) bond motifs is 2. The maximum atomic E-state index is 13.3. The van der Waals surface area contributed by atoms with Crippen LogP contribution in [-0.2, 0) is 11.3 Å². The van der Waals surface area contributed by atoms with Gasteiger partial charge in [0.1, 0.15) is 15.4 Å².